The lowest BCUT2D eigenvalue weighted by atomic mass is 10.3. The van der Waals surface area contributed by atoms with Gasteiger partial charge in [-0.3, -0.25) is 0 Å². The normalized spacial score (nSPS) is 10.9. The van der Waals surface area contributed by atoms with Crippen molar-refractivity contribution in [3.63, 3.8) is 0 Å². The van der Waals surface area contributed by atoms with E-state index in [1.165, 1.54) is 0 Å². The highest BCUT2D eigenvalue weighted by atomic mass is 35.5. The Morgan fingerprint density at radius 3 is 2.82 bits per heavy atom. The minimum Gasteiger partial charge on any atom is -0.477 e. The summed E-state index contributed by atoms with van der Waals surface area (Å²) in [6.45, 7) is 2.39. The third-order valence-electron chi connectivity index (χ3n) is 2.23. The summed E-state index contributed by atoms with van der Waals surface area (Å²) >= 11 is 6.08. The summed E-state index contributed by atoms with van der Waals surface area (Å²) in [5, 5.41) is 3.62. The molecule has 5 heteroatoms. The fourth-order valence-corrected chi connectivity index (χ4v) is 1.67. The van der Waals surface area contributed by atoms with Crippen molar-refractivity contribution in [2.24, 2.45) is 0 Å². The highest BCUT2D eigenvalue weighted by Crippen LogP contribution is 2.22. The Morgan fingerprint density at radius 2 is 2.24 bits per heavy atom. The summed E-state index contributed by atoms with van der Waals surface area (Å²) in [4.78, 5) is 6.33. The maximum Gasteiger partial charge on any atom is 0.232 e. The number of rotatable bonds is 7. The first-order valence-electron chi connectivity index (χ1n) is 5.70. The Morgan fingerprint density at radius 1 is 1.47 bits per heavy atom. The molecule has 96 valence electrons. The van der Waals surface area contributed by atoms with E-state index in [2.05, 4.69) is 15.2 Å². The van der Waals surface area contributed by atoms with Gasteiger partial charge in [-0.05, 0) is 39.2 Å². The van der Waals surface area contributed by atoms with Gasteiger partial charge >= 0.3 is 0 Å². The van der Waals surface area contributed by atoms with Gasteiger partial charge in [-0.25, -0.2) is 4.98 Å². The maximum atomic E-state index is 6.08. The fourth-order valence-electron chi connectivity index (χ4n) is 1.42. The number of hydrogen-bond donors (Lipinski definition) is 1. The minimum atomic E-state index is 0.519. The Bertz CT molecular complexity index is 345. The molecule has 0 aromatic carbocycles. The monoisotopic (exact) mass is 257 g/mol. The molecule has 1 heterocycles. The zero-order valence-electron chi connectivity index (χ0n) is 10.7. The van der Waals surface area contributed by atoms with E-state index in [4.69, 9.17) is 16.3 Å². The van der Waals surface area contributed by atoms with Crippen molar-refractivity contribution < 1.29 is 4.74 Å². The second-order valence-electron chi connectivity index (χ2n) is 4.17. The summed E-state index contributed by atoms with van der Waals surface area (Å²) in [6, 6.07) is 1.88. The molecule has 1 aromatic rings. The van der Waals surface area contributed by atoms with Gasteiger partial charge in [0.05, 0.1) is 6.61 Å². The zero-order valence-corrected chi connectivity index (χ0v) is 11.4. The largest absolute Gasteiger partial charge is 0.477 e. The van der Waals surface area contributed by atoms with Crippen LogP contribution in [0.5, 0.6) is 5.88 Å². The fraction of sp³-hybridized carbons (Fsp3) is 0.583. The lowest BCUT2D eigenvalue weighted by Gasteiger charge is -2.11. The molecule has 17 heavy (non-hydrogen) atoms. The number of hydrogen-bond acceptors (Lipinski definition) is 4. The third-order valence-corrected chi connectivity index (χ3v) is 2.50. The number of ether oxygens (including phenoxy) is 1. The standard InChI is InChI=1S/C12H20ClN3O/c1-14-8-10-7-11(13)12(15-9-10)17-6-4-5-16(2)3/h7,9,14H,4-6,8H2,1-3H3. The molecule has 1 aromatic heterocycles. The van der Waals surface area contributed by atoms with Crippen LogP contribution in [0.1, 0.15) is 12.0 Å². The Balaban J connectivity index is 2.43. The van der Waals surface area contributed by atoms with E-state index in [0.717, 1.165) is 25.1 Å². The highest BCUT2D eigenvalue weighted by Gasteiger charge is 2.04. The summed E-state index contributed by atoms with van der Waals surface area (Å²) in [5.41, 5.74) is 1.05. The molecule has 0 spiro atoms. The van der Waals surface area contributed by atoms with Crippen LogP contribution in [-0.2, 0) is 6.54 Å². The van der Waals surface area contributed by atoms with Gasteiger partial charge in [-0.15, -0.1) is 0 Å². The molecule has 0 unspecified atom stereocenters. The molecule has 0 aliphatic rings. The van der Waals surface area contributed by atoms with Crippen LogP contribution >= 0.6 is 11.6 Å². The van der Waals surface area contributed by atoms with Crippen molar-refractivity contribution in [1.29, 1.82) is 0 Å². The van der Waals surface area contributed by atoms with Gasteiger partial charge in [-0.1, -0.05) is 11.6 Å². The molecule has 0 atom stereocenters. The van der Waals surface area contributed by atoms with Crippen LogP contribution in [0.15, 0.2) is 12.3 Å². The van der Waals surface area contributed by atoms with Crippen molar-refractivity contribution in [3.05, 3.63) is 22.8 Å². The van der Waals surface area contributed by atoms with Crippen LogP contribution in [0.3, 0.4) is 0 Å². The molecule has 1 N–H and O–H groups in total. The van der Waals surface area contributed by atoms with Crippen LogP contribution < -0.4 is 10.1 Å². The van der Waals surface area contributed by atoms with Crippen LogP contribution in [0.25, 0.3) is 0 Å². The predicted octanol–water partition coefficient (Wildman–Crippen LogP) is 1.78. The van der Waals surface area contributed by atoms with E-state index < -0.39 is 0 Å². The van der Waals surface area contributed by atoms with E-state index in [-0.39, 0.29) is 0 Å². The van der Waals surface area contributed by atoms with Gasteiger partial charge < -0.3 is 15.0 Å². The van der Waals surface area contributed by atoms with E-state index in [0.29, 0.717) is 17.5 Å². The molecule has 0 aliphatic heterocycles. The number of pyridine rings is 1. The van der Waals surface area contributed by atoms with Gasteiger partial charge in [0.25, 0.3) is 0 Å². The lowest BCUT2D eigenvalue weighted by molar-refractivity contribution is 0.273. The Hall–Kier alpha value is -0.840. The molecule has 0 radical (unpaired) electrons. The van der Waals surface area contributed by atoms with Crippen molar-refractivity contribution in [3.8, 4) is 5.88 Å². The average molecular weight is 258 g/mol. The summed E-state index contributed by atoms with van der Waals surface area (Å²) in [7, 11) is 5.97. The molecular formula is C12H20ClN3O. The molecule has 0 amide bonds. The molecule has 4 nitrogen and oxygen atoms in total. The molecule has 1 rings (SSSR count). The molecule has 0 aliphatic carbocycles. The first-order chi connectivity index (χ1) is 8.13. The summed E-state index contributed by atoms with van der Waals surface area (Å²) < 4.78 is 5.53. The van der Waals surface area contributed by atoms with Crippen LogP contribution in [0, 0.1) is 0 Å². The third kappa shape index (κ3) is 5.35. The number of aromatic nitrogens is 1. The minimum absolute atomic E-state index is 0.519. The lowest BCUT2D eigenvalue weighted by Crippen LogP contribution is -2.15. The molecule has 0 saturated heterocycles. The molecule has 0 fully saturated rings. The van der Waals surface area contributed by atoms with E-state index in [9.17, 15) is 0 Å². The Labute approximate surface area is 108 Å². The van der Waals surface area contributed by atoms with E-state index >= 15 is 0 Å². The highest BCUT2D eigenvalue weighted by molar-refractivity contribution is 6.31. The van der Waals surface area contributed by atoms with Crippen LogP contribution in [-0.4, -0.2) is 44.2 Å². The van der Waals surface area contributed by atoms with Crippen molar-refractivity contribution in [2.75, 3.05) is 34.3 Å². The van der Waals surface area contributed by atoms with Gasteiger partial charge in [0.1, 0.15) is 5.02 Å². The smallest absolute Gasteiger partial charge is 0.232 e. The van der Waals surface area contributed by atoms with Gasteiger partial charge in [0, 0.05) is 19.3 Å². The SMILES string of the molecule is CNCc1cnc(OCCCN(C)C)c(Cl)c1. The second-order valence-corrected chi connectivity index (χ2v) is 4.57. The molecule has 0 bridgehead atoms. The van der Waals surface area contributed by atoms with Crippen molar-refractivity contribution in [1.82, 2.24) is 15.2 Å². The number of halogens is 1. The van der Waals surface area contributed by atoms with Gasteiger partial charge in [-0.2, -0.15) is 0 Å². The van der Waals surface area contributed by atoms with Crippen molar-refractivity contribution in [2.45, 2.75) is 13.0 Å². The average Bonchev–Trinajstić information content (AvgIpc) is 2.27. The topological polar surface area (TPSA) is 37.4 Å². The van der Waals surface area contributed by atoms with Crippen molar-refractivity contribution >= 4 is 11.6 Å². The number of nitrogens with zero attached hydrogens (tertiary/aromatic N) is 2. The predicted molar refractivity (Wildman–Crippen MR) is 70.7 cm³/mol. The molecular weight excluding hydrogens is 238 g/mol. The van der Waals surface area contributed by atoms with Crippen LogP contribution in [0.2, 0.25) is 5.02 Å². The quantitative estimate of drug-likeness (QED) is 0.756. The zero-order chi connectivity index (χ0) is 12.7. The summed E-state index contributed by atoms with van der Waals surface area (Å²) in [5.74, 6) is 0.519. The first-order valence-corrected chi connectivity index (χ1v) is 6.08. The van der Waals surface area contributed by atoms with Gasteiger partial charge in [0.15, 0.2) is 0 Å². The summed E-state index contributed by atoms with van der Waals surface area (Å²) in [6.07, 6.45) is 2.74. The van der Waals surface area contributed by atoms with E-state index in [1.54, 1.807) is 6.20 Å². The second kappa shape index (κ2) is 7.48. The molecule has 0 saturated carbocycles. The Kier molecular flexibility index (Phi) is 6.26. The maximum absolute atomic E-state index is 6.08. The van der Waals surface area contributed by atoms with E-state index in [1.807, 2.05) is 27.2 Å². The number of nitrogens with one attached hydrogen (secondary N) is 1. The van der Waals surface area contributed by atoms with Crippen LogP contribution in [0.4, 0.5) is 0 Å². The van der Waals surface area contributed by atoms with Gasteiger partial charge in [0.2, 0.25) is 5.88 Å². The first kappa shape index (κ1) is 14.2.